The van der Waals surface area contributed by atoms with Crippen molar-refractivity contribution in [2.24, 2.45) is 0 Å². The molecule has 1 saturated heterocycles. The van der Waals surface area contributed by atoms with Gasteiger partial charge < -0.3 is 14.4 Å². The highest BCUT2D eigenvalue weighted by Crippen LogP contribution is 2.28. The van der Waals surface area contributed by atoms with Crippen molar-refractivity contribution in [3.63, 3.8) is 0 Å². The van der Waals surface area contributed by atoms with E-state index in [9.17, 15) is 13.2 Å². The van der Waals surface area contributed by atoms with Crippen LogP contribution < -0.4 is 5.32 Å². The molecule has 1 unspecified atom stereocenters. The van der Waals surface area contributed by atoms with Gasteiger partial charge in [-0.3, -0.25) is 4.79 Å². The van der Waals surface area contributed by atoms with Crippen molar-refractivity contribution in [2.45, 2.75) is 70.1 Å². The van der Waals surface area contributed by atoms with E-state index in [-0.39, 0.29) is 47.9 Å². The zero-order valence-electron chi connectivity index (χ0n) is 17.8. The zero-order chi connectivity index (χ0) is 21.9. The quantitative estimate of drug-likeness (QED) is 0.767. The van der Waals surface area contributed by atoms with E-state index >= 15 is 0 Å². The summed E-state index contributed by atoms with van der Waals surface area (Å²) in [4.78, 5) is 16.8. The molecule has 10 nitrogen and oxygen atoms in total. The predicted octanol–water partition coefficient (Wildman–Crippen LogP) is 2.26. The summed E-state index contributed by atoms with van der Waals surface area (Å²) in [6, 6.07) is 0. The van der Waals surface area contributed by atoms with Crippen LogP contribution in [0.4, 0.5) is 0 Å². The van der Waals surface area contributed by atoms with E-state index in [4.69, 9.17) is 9.05 Å². The molecular formula is C19H29N5O5S. The van der Waals surface area contributed by atoms with E-state index in [1.807, 2.05) is 13.8 Å². The fourth-order valence-corrected chi connectivity index (χ4v) is 5.35. The van der Waals surface area contributed by atoms with Crippen LogP contribution in [0.2, 0.25) is 0 Å². The lowest BCUT2D eigenvalue weighted by Gasteiger charge is -2.22. The first kappa shape index (κ1) is 22.4. The molecular weight excluding hydrogens is 410 g/mol. The molecule has 0 bridgehead atoms. The average molecular weight is 440 g/mol. The molecule has 3 rings (SSSR count). The molecule has 2 aromatic rings. The average Bonchev–Trinajstić information content (AvgIpc) is 3.28. The monoisotopic (exact) mass is 439 g/mol. The van der Waals surface area contributed by atoms with Crippen molar-refractivity contribution >= 4 is 15.9 Å². The SMILES string of the molecule is Cc1noc(C)c1S(=O)(=O)N1CCCC(c2nc(C(C)C)no2)CCNC(=O)CC1. The van der Waals surface area contributed by atoms with Crippen LogP contribution in [0.3, 0.4) is 0 Å². The first-order chi connectivity index (χ1) is 14.2. The molecule has 0 radical (unpaired) electrons. The molecule has 0 saturated carbocycles. The number of amides is 1. The second kappa shape index (κ2) is 9.25. The van der Waals surface area contributed by atoms with Crippen molar-refractivity contribution in [2.75, 3.05) is 19.6 Å². The van der Waals surface area contributed by atoms with E-state index in [1.165, 1.54) is 4.31 Å². The van der Waals surface area contributed by atoms with Crippen molar-refractivity contribution in [1.29, 1.82) is 0 Å². The van der Waals surface area contributed by atoms with E-state index in [0.29, 0.717) is 43.2 Å². The summed E-state index contributed by atoms with van der Waals surface area (Å²) >= 11 is 0. The molecule has 3 heterocycles. The molecule has 30 heavy (non-hydrogen) atoms. The van der Waals surface area contributed by atoms with Crippen molar-refractivity contribution in [3.05, 3.63) is 23.2 Å². The van der Waals surface area contributed by atoms with Gasteiger partial charge in [-0.1, -0.05) is 24.2 Å². The summed E-state index contributed by atoms with van der Waals surface area (Å²) in [7, 11) is -3.83. The number of sulfonamides is 1. The topological polar surface area (TPSA) is 131 Å². The molecule has 0 aliphatic carbocycles. The number of carbonyl (C=O) groups excluding carboxylic acids is 1. The van der Waals surface area contributed by atoms with Crippen LogP contribution in [0, 0.1) is 13.8 Å². The third-order valence-corrected chi connectivity index (χ3v) is 7.40. The van der Waals surface area contributed by atoms with Crippen molar-refractivity contribution in [1.82, 2.24) is 24.9 Å². The Hall–Kier alpha value is -2.27. The second-order valence-electron chi connectivity index (χ2n) is 7.93. The molecule has 11 heteroatoms. The van der Waals surface area contributed by atoms with Gasteiger partial charge in [0.05, 0.1) is 0 Å². The van der Waals surface area contributed by atoms with Gasteiger partial charge in [0.2, 0.25) is 21.8 Å². The van der Waals surface area contributed by atoms with Crippen LogP contribution in [0.25, 0.3) is 0 Å². The number of aromatic nitrogens is 3. The molecule has 0 aromatic carbocycles. The van der Waals surface area contributed by atoms with Crippen LogP contribution >= 0.6 is 0 Å². The normalized spacial score (nSPS) is 20.2. The van der Waals surface area contributed by atoms with E-state index < -0.39 is 10.0 Å². The molecule has 1 atom stereocenters. The lowest BCUT2D eigenvalue weighted by atomic mass is 9.99. The molecule has 166 valence electrons. The highest BCUT2D eigenvalue weighted by Gasteiger charge is 2.32. The number of carbonyl (C=O) groups is 1. The molecule has 2 aromatic heterocycles. The highest BCUT2D eigenvalue weighted by molar-refractivity contribution is 7.89. The van der Waals surface area contributed by atoms with Gasteiger partial charge in [0.25, 0.3) is 0 Å². The number of rotatable bonds is 4. The van der Waals surface area contributed by atoms with Gasteiger partial charge in [-0.05, 0) is 33.1 Å². The first-order valence-electron chi connectivity index (χ1n) is 10.2. The molecule has 1 aliphatic rings. The van der Waals surface area contributed by atoms with Gasteiger partial charge >= 0.3 is 0 Å². The first-order valence-corrected chi connectivity index (χ1v) is 11.7. The second-order valence-corrected chi connectivity index (χ2v) is 9.81. The zero-order valence-corrected chi connectivity index (χ0v) is 18.7. The third-order valence-electron chi connectivity index (χ3n) is 5.25. The van der Waals surface area contributed by atoms with Gasteiger partial charge in [-0.2, -0.15) is 9.29 Å². The molecule has 1 amide bonds. The van der Waals surface area contributed by atoms with Crippen LogP contribution in [-0.2, 0) is 14.8 Å². The number of nitrogens with one attached hydrogen (secondary N) is 1. The summed E-state index contributed by atoms with van der Waals surface area (Å²) in [6.07, 6.45) is 2.01. The van der Waals surface area contributed by atoms with Crippen LogP contribution in [0.5, 0.6) is 0 Å². The van der Waals surface area contributed by atoms with E-state index in [2.05, 4.69) is 20.6 Å². The van der Waals surface area contributed by atoms with Crippen molar-refractivity contribution < 1.29 is 22.3 Å². The third kappa shape index (κ3) is 4.89. The Labute approximate surface area is 176 Å². The highest BCUT2D eigenvalue weighted by atomic mass is 32.2. The summed E-state index contributed by atoms with van der Waals surface area (Å²) in [6.45, 7) is 8.00. The number of hydrogen-bond donors (Lipinski definition) is 1. The van der Waals surface area contributed by atoms with Gasteiger partial charge in [-0.15, -0.1) is 0 Å². The summed E-state index contributed by atoms with van der Waals surface area (Å²) in [5, 5.41) is 10.7. The number of aryl methyl sites for hydroxylation is 2. The van der Waals surface area contributed by atoms with Gasteiger partial charge in [0, 0.05) is 37.9 Å². The molecule has 1 aliphatic heterocycles. The lowest BCUT2D eigenvalue weighted by Crippen LogP contribution is -2.36. The minimum absolute atomic E-state index is 0.0491. The van der Waals surface area contributed by atoms with E-state index in [0.717, 1.165) is 0 Å². The maximum absolute atomic E-state index is 13.2. The summed E-state index contributed by atoms with van der Waals surface area (Å²) in [5.74, 6) is 1.34. The van der Waals surface area contributed by atoms with Crippen LogP contribution in [-0.4, -0.2) is 53.6 Å². The minimum atomic E-state index is -3.83. The minimum Gasteiger partial charge on any atom is -0.360 e. The Morgan fingerprint density at radius 1 is 1.13 bits per heavy atom. The van der Waals surface area contributed by atoms with Gasteiger partial charge in [0.1, 0.15) is 10.6 Å². The maximum atomic E-state index is 13.2. The fraction of sp³-hybridized carbons (Fsp3) is 0.684. The standard InChI is InChI=1S/C19H29N5O5S/c1-12(2)18-21-19(29-23-18)15-6-5-10-24(11-8-16(25)20-9-7-15)30(26,27)17-13(3)22-28-14(17)4/h12,15H,5-11H2,1-4H3,(H,20,25). The van der Waals surface area contributed by atoms with Gasteiger partial charge in [-0.25, -0.2) is 8.42 Å². The summed E-state index contributed by atoms with van der Waals surface area (Å²) < 4.78 is 38.3. The van der Waals surface area contributed by atoms with Crippen LogP contribution in [0.15, 0.2) is 13.9 Å². The Bertz CT molecular complexity index is 962. The largest absolute Gasteiger partial charge is 0.360 e. The lowest BCUT2D eigenvalue weighted by molar-refractivity contribution is -0.121. The molecule has 1 N–H and O–H groups in total. The number of hydrogen-bond acceptors (Lipinski definition) is 8. The fourth-order valence-electron chi connectivity index (χ4n) is 3.58. The predicted molar refractivity (Wildman–Crippen MR) is 107 cm³/mol. The smallest absolute Gasteiger partial charge is 0.248 e. The number of nitrogens with zero attached hydrogens (tertiary/aromatic N) is 4. The van der Waals surface area contributed by atoms with Crippen LogP contribution in [0.1, 0.15) is 74.5 Å². The Morgan fingerprint density at radius 3 is 2.53 bits per heavy atom. The maximum Gasteiger partial charge on any atom is 0.248 e. The van der Waals surface area contributed by atoms with Crippen molar-refractivity contribution in [3.8, 4) is 0 Å². The van der Waals surface area contributed by atoms with Gasteiger partial charge in [0.15, 0.2) is 11.6 Å². The Kier molecular flexibility index (Phi) is 6.91. The Balaban J connectivity index is 1.81. The Morgan fingerprint density at radius 2 is 1.90 bits per heavy atom. The van der Waals surface area contributed by atoms with E-state index in [1.54, 1.807) is 13.8 Å². The molecule has 1 fully saturated rings. The molecule has 0 spiro atoms. The summed E-state index contributed by atoms with van der Waals surface area (Å²) in [5.41, 5.74) is 0.316.